The van der Waals surface area contributed by atoms with Gasteiger partial charge in [-0.1, -0.05) is 22.0 Å². The van der Waals surface area contributed by atoms with Gasteiger partial charge in [0.05, 0.1) is 10.6 Å². The van der Waals surface area contributed by atoms with Gasteiger partial charge in [-0.2, -0.15) is 0 Å². The Kier molecular flexibility index (Phi) is 5.74. The molecule has 0 aliphatic carbocycles. The van der Waals surface area contributed by atoms with Crippen molar-refractivity contribution in [3.8, 4) is 5.75 Å². The van der Waals surface area contributed by atoms with E-state index in [0.717, 1.165) is 10.0 Å². The Morgan fingerprint density at radius 3 is 2.44 bits per heavy atom. The summed E-state index contributed by atoms with van der Waals surface area (Å²) < 4.78 is 34.2. The SMILES string of the molecule is Cc1cc(Br)ccc1NS(=O)(=O)c1ccc(C)c(OCC(=O)O)c1C. The first-order valence-electron chi connectivity index (χ1n) is 7.35. The van der Waals surface area contributed by atoms with Crippen molar-refractivity contribution in [3.05, 3.63) is 51.5 Å². The van der Waals surface area contributed by atoms with Gasteiger partial charge in [0.25, 0.3) is 10.0 Å². The average molecular weight is 428 g/mol. The summed E-state index contributed by atoms with van der Waals surface area (Å²) in [6, 6.07) is 8.29. The second-order valence-corrected chi connectivity index (χ2v) is 8.15. The maximum absolute atomic E-state index is 12.8. The second kappa shape index (κ2) is 7.45. The van der Waals surface area contributed by atoms with E-state index in [1.165, 1.54) is 6.07 Å². The molecule has 0 fully saturated rings. The van der Waals surface area contributed by atoms with Crippen molar-refractivity contribution >= 4 is 37.6 Å². The van der Waals surface area contributed by atoms with Gasteiger partial charge in [-0.3, -0.25) is 4.72 Å². The van der Waals surface area contributed by atoms with Crippen LogP contribution < -0.4 is 9.46 Å². The van der Waals surface area contributed by atoms with Crippen molar-refractivity contribution in [2.45, 2.75) is 25.7 Å². The summed E-state index contributed by atoms with van der Waals surface area (Å²) in [7, 11) is -3.85. The fraction of sp³-hybridized carbons (Fsp3) is 0.235. The van der Waals surface area contributed by atoms with Crippen LogP contribution in [0.5, 0.6) is 5.75 Å². The molecule has 0 aliphatic heterocycles. The number of carbonyl (C=O) groups is 1. The average Bonchev–Trinajstić information content (AvgIpc) is 2.49. The van der Waals surface area contributed by atoms with Gasteiger partial charge in [-0.05, 0) is 56.2 Å². The van der Waals surface area contributed by atoms with Crippen LogP contribution in [0.2, 0.25) is 0 Å². The zero-order valence-electron chi connectivity index (χ0n) is 14.0. The first-order valence-corrected chi connectivity index (χ1v) is 9.63. The Labute approximate surface area is 155 Å². The molecule has 25 heavy (non-hydrogen) atoms. The highest BCUT2D eigenvalue weighted by molar-refractivity contribution is 9.10. The number of aliphatic carboxylic acids is 1. The zero-order valence-corrected chi connectivity index (χ0v) is 16.4. The number of rotatable bonds is 6. The van der Waals surface area contributed by atoms with Crippen LogP contribution in [-0.2, 0) is 14.8 Å². The molecule has 2 aromatic rings. The minimum atomic E-state index is -3.85. The number of hydrogen-bond donors (Lipinski definition) is 2. The van der Waals surface area contributed by atoms with Crippen LogP contribution in [0.1, 0.15) is 16.7 Å². The lowest BCUT2D eigenvalue weighted by molar-refractivity contribution is -0.139. The summed E-state index contributed by atoms with van der Waals surface area (Å²) >= 11 is 3.34. The third-order valence-electron chi connectivity index (χ3n) is 3.62. The first-order chi connectivity index (χ1) is 11.6. The summed E-state index contributed by atoms with van der Waals surface area (Å²) in [6.07, 6.45) is 0. The van der Waals surface area contributed by atoms with Crippen LogP contribution in [0, 0.1) is 20.8 Å². The van der Waals surface area contributed by atoms with E-state index in [4.69, 9.17) is 9.84 Å². The minimum absolute atomic E-state index is 0.0424. The number of ether oxygens (including phenoxy) is 1. The number of nitrogens with one attached hydrogen (secondary N) is 1. The van der Waals surface area contributed by atoms with Gasteiger partial charge in [0.1, 0.15) is 5.75 Å². The maximum Gasteiger partial charge on any atom is 0.341 e. The monoisotopic (exact) mass is 427 g/mol. The van der Waals surface area contributed by atoms with Crippen molar-refractivity contribution in [1.29, 1.82) is 0 Å². The first kappa shape index (κ1) is 19.3. The van der Waals surface area contributed by atoms with Gasteiger partial charge >= 0.3 is 5.97 Å². The maximum atomic E-state index is 12.8. The smallest absolute Gasteiger partial charge is 0.341 e. The Morgan fingerprint density at radius 2 is 1.84 bits per heavy atom. The Morgan fingerprint density at radius 1 is 1.16 bits per heavy atom. The van der Waals surface area contributed by atoms with Crippen molar-refractivity contribution in [2.75, 3.05) is 11.3 Å². The molecule has 0 heterocycles. The van der Waals surface area contributed by atoms with E-state index >= 15 is 0 Å². The molecule has 2 N–H and O–H groups in total. The Bertz CT molecular complexity index is 925. The Hall–Kier alpha value is -2.06. The van der Waals surface area contributed by atoms with E-state index < -0.39 is 22.6 Å². The van der Waals surface area contributed by atoms with Crippen molar-refractivity contribution in [2.24, 2.45) is 0 Å². The van der Waals surface area contributed by atoms with Crippen molar-refractivity contribution in [1.82, 2.24) is 0 Å². The molecule has 0 aliphatic rings. The fourth-order valence-corrected chi connectivity index (χ4v) is 4.24. The standard InChI is InChI=1S/C17H18BrNO5S/c1-10-4-7-15(12(3)17(10)24-9-16(20)21)25(22,23)19-14-6-5-13(18)8-11(14)2/h4-8,19H,9H2,1-3H3,(H,20,21). The number of carboxylic acid groups (broad SMARTS) is 1. The molecule has 0 spiro atoms. The van der Waals surface area contributed by atoms with Crippen LogP contribution in [0.15, 0.2) is 39.7 Å². The molecular formula is C17H18BrNO5S. The highest BCUT2D eigenvalue weighted by Crippen LogP contribution is 2.31. The fourth-order valence-electron chi connectivity index (χ4n) is 2.40. The van der Waals surface area contributed by atoms with Crippen LogP contribution in [0.25, 0.3) is 0 Å². The number of sulfonamides is 1. The molecule has 2 aromatic carbocycles. The third-order valence-corrected chi connectivity index (χ3v) is 5.62. The lowest BCUT2D eigenvalue weighted by Gasteiger charge is -2.16. The highest BCUT2D eigenvalue weighted by atomic mass is 79.9. The topological polar surface area (TPSA) is 92.7 Å². The predicted molar refractivity (Wildman–Crippen MR) is 98.7 cm³/mol. The lowest BCUT2D eigenvalue weighted by atomic mass is 10.1. The molecule has 0 bridgehead atoms. The van der Waals surface area contributed by atoms with Gasteiger partial charge in [-0.15, -0.1) is 0 Å². The number of halogens is 1. The van der Waals surface area contributed by atoms with E-state index in [1.807, 2.05) is 0 Å². The summed E-state index contributed by atoms with van der Waals surface area (Å²) in [4.78, 5) is 10.8. The summed E-state index contributed by atoms with van der Waals surface area (Å²) in [5.41, 5.74) is 2.27. The van der Waals surface area contributed by atoms with Crippen LogP contribution in [0.4, 0.5) is 5.69 Å². The van der Waals surface area contributed by atoms with Crippen LogP contribution in [0.3, 0.4) is 0 Å². The molecule has 2 rings (SSSR count). The largest absolute Gasteiger partial charge is 0.481 e. The van der Waals surface area contributed by atoms with Gasteiger partial charge in [0, 0.05) is 10.0 Å². The van der Waals surface area contributed by atoms with Gasteiger partial charge in [0.15, 0.2) is 6.61 Å². The highest BCUT2D eigenvalue weighted by Gasteiger charge is 2.21. The molecule has 8 heteroatoms. The van der Waals surface area contributed by atoms with Gasteiger partial charge in [-0.25, -0.2) is 13.2 Å². The molecule has 0 aromatic heterocycles. The number of hydrogen-bond acceptors (Lipinski definition) is 4. The van der Waals surface area contributed by atoms with Crippen molar-refractivity contribution in [3.63, 3.8) is 0 Å². The van der Waals surface area contributed by atoms with E-state index in [2.05, 4.69) is 20.7 Å². The van der Waals surface area contributed by atoms with Crippen LogP contribution >= 0.6 is 15.9 Å². The molecule has 0 radical (unpaired) electrons. The molecule has 0 saturated heterocycles. The summed E-state index contributed by atoms with van der Waals surface area (Å²) in [5.74, 6) is -0.867. The van der Waals surface area contributed by atoms with Gasteiger partial charge in [0.2, 0.25) is 0 Å². The quantitative estimate of drug-likeness (QED) is 0.733. The zero-order chi connectivity index (χ0) is 18.8. The number of aryl methyl sites for hydroxylation is 2. The van der Waals surface area contributed by atoms with Crippen LogP contribution in [-0.4, -0.2) is 26.1 Å². The molecule has 6 nitrogen and oxygen atoms in total. The second-order valence-electron chi connectivity index (χ2n) is 5.58. The predicted octanol–water partition coefficient (Wildman–Crippen LogP) is 3.64. The van der Waals surface area contributed by atoms with E-state index in [9.17, 15) is 13.2 Å². The number of benzene rings is 2. The molecular weight excluding hydrogens is 410 g/mol. The Balaban J connectivity index is 2.42. The van der Waals surface area contributed by atoms with Gasteiger partial charge < -0.3 is 9.84 Å². The number of carboxylic acids is 1. The van der Waals surface area contributed by atoms with E-state index in [1.54, 1.807) is 45.0 Å². The van der Waals surface area contributed by atoms with E-state index in [-0.39, 0.29) is 10.6 Å². The molecule has 0 saturated carbocycles. The van der Waals surface area contributed by atoms with Crippen molar-refractivity contribution < 1.29 is 23.1 Å². The lowest BCUT2D eigenvalue weighted by Crippen LogP contribution is -2.17. The molecule has 0 atom stereocenters. The normalized spacial score (nSPS) is 11.2. The number of anilines is 1. The molecule has 134 valence electrons. The van der Waals surface area contributed by atoms with E-state index in [0.29, 0.717) is 16.8 Å². The summed E-state index contributed by atoms with van der Waals surface area (Å²) in [6.45, 7) is 4.58. The molecule has 0 amide bonds. The third kappa shape index (κ3) is 4.52. The molecule has 0 unspecified atom stereocenters. The minimum Gasteiger partial charge on any atom is -0.481 e. The summed E-state index contributed by atoms with van der Waals surface area (Å²) in [5, 5.41) is 8.77.